The summed E-state index contributed by atoms with van der Waals surface area (Å²) in [5.74, 6) is 3.69. The van der Waals surface area contributed by atoms with E-state index in [0.29, 0.717) is 60.2 Å². The van der Waals surface area contributed by atoms with Crippen LogP contribution in [0.4, 0.5) is 17.8 Å². The first kappa shape index (κ1) is 69.9. The molecular formula is C75H107N19O5. The van der Waals surface area contributed by atoms with Crippen molar-refractivity contribution in [1.29, 1.82) is 0 Å². The van der Waals surface area contributed by atoms with E-state index >= 15 is 0 Å². The van der Waals surface area contributed by atoms with Crippen LogP contribution >= 0.6 is 0 Å². The number of hydrogen-bond donors (Lipinski definition) is 6. The van der Waals surface area contributed by atoms with Gasteiger partial charge in [-0.3, -0.25) is 9.36 Å². The Balaban J connectivity index is 0.000000134. The smallest absolute Gasteiger partial charge is 0.241 e. The molecule has 3 atom stereocenters. The maximum Gasteiger partial charge on any atom is 0.241 e. The SMILES string of the molecule is COC[C@H](C)Nc1ncc2c(-c3ccnc(OC4CCCCC4)c3)cc(C3CCC(O)CC3)n2n1.C[C@@H](CN(C)C)Nc1ncc2c(-c3cnn(C4CCC4)c3)cc(C3CCC(O)CC3)n2n1.C[C@H](CN(C)C)Nc1ncc2c(-c3cnn(C4CCC4)c3)cc(C3CCC(O)CC3)n2n1. The summed E-state index contributed by atoms with van der Waals surface area (Å²) in [4.78, 5) is 22.7. The Morgan fingerprint density at radius 1 is 0.465 bits per heavy atom. The van der Waals surface area contributed by atoms with Crippen LogP contribution in [0.5, 0.6) is 5.88 Å². The van der Waals surface area contributed by atoms with E-state index in [-0.39, 0.29) is 42.5 Å². The van der Waals surface area contributed by atoms with Crippen LogP contribution in [-0.2, 0) is 4.74 Å². The number of nitrogens with zero attached hydrogens (tertiary/aromatic N) is 16. The largest absolute Gasteiger partial charge is 0.474 e. The molecular weight excluding hydrogens is 1250 g/mol. The summed E-state index contributed by atoms with van der Waals surface area (Å²) < 4.78 is 21.9. The molecule has 9 heterocycles. The molecule has 0 amide bonds. The molecule has 24 nitrogen and oxygen atoms in total. The molecule has 6 aliphatic rings. The zero-order valence-corrected chi connectivity index (χ0v) is 59.6. The third-order valence-electron chi connectivity index (χ3n) is 21.4. The molecule has 9 aromatic rings. The van der Waals surface area contributed by atoms with Gasteiger partial charge >= 0.3 is 0 Å². The molecule has 15 rings (SSSR count). The first-order valence-electron chi connectivity index (χ1n) is 37.1. The van der Waals surface area contributed by atoms with Gasteiger partial charge in [0.2, 0.25) is 23.7 Å². The van der Waals surface area contributed by atoms with Crippen LogP contribution in [0, 0.1) is 0 Å². The third-order valence-corrected chi connectivity index (χ3v) is 21.4. The van der Waals surface area contributed by atoms with Crippen LogP contribution in [0.1, 0.15) is 215 Å². The Morgan fingerprint density at radius 3 is 1.23 bits per heavy atom. The number of anilines is 3. The molecule has 6 aliphatic carbocycles. The average molecular weight is 1350 g/mol. The molecule has 0 aliphatic heterocycles. The number of aliphatic hydroxyl groups excluding tert-OH is 3. The Kier molecular flexibility index (Phi) is 22.5. The van der Waals surface area contributed by atoms with Gasteiger partial charge in [0.15, 0.2) is 0 Å². The first-order chi connectivity index (χ1) is 48.1. The van der Waals surface area contributed by atoms with Crippen LogP contribution in [0.25, 0.3) is 49.9 Å². The van der Waals surface area contributed by atoms with Crippen molar-refractivity contribution >= 4 is 34.4 Å². The molecule has 0 saturated heterocycles. The van der Waals surface area contributed by atoms with E-state index in [2.05, 4.69) is 147 Å². The van der Waals surface area contributed by atoms with Crippen molar-refractivity contribution in [2.24, 2.45) is 0 Å². The summed E-state index contributed by atoms with van der Waals surface area (Å²) in [7, 11) is 9.97. The van der Waals surface area contributed by atoms with Crippen molar-refractivity contribution in [2.75, 3.05) is 70.9 Å². The highest BCUT2D eigenvalue weighted by molar-refractivity contribution is 5.83. The molecule has 0 unspecified atom stereocenters. The van der Waals surface area contributed by atoms with Gasteiger partial charge < -0.3 is 50.5 Å². The van der Waals surface area contributed by atoms with Gasteiger partial charge in [0.25, 0.3) is 0 Å². The molecule has 532 valence electrons. The number of fused-ring (bicyclic) bond motifs is 3. The van der Waals surface area contributed by atoms with Crippen LogP contribution in [-0.4, -0.2) is 191 Å². The van der Waals surface area contributed by atoms with E-state index in [9.17, 15) is 15.3 Å². The second kappa shape index (κ2) is 31.9. The highest BCUT2D eigenvalue weighted by Gasteiger charge is 2.31. The molecule has 6 N–H and O–H groups in total. The van der Waals surface area contributed by atoms with Crippen molar-refractivity contribution in [3.05, 3.63) is 97.0 Å². The van der Waals surface area contributed by atoms with Gasteiger partial charge in [0.1, 0.15) is 6.10 Å². The van der Waals surface area contributed by atoms with Gasteiger partial charge in [-0.1, -0.05) is 6.42 Å². The zero-order chi connectivity index (χ0) is 68.7. The third kappa shape index (κ3) is 16.9. The zero-order valence-electron chi connectivity index (χ0n) is 59.6. The number of rotatable bonds is 22. The van der Waals surface area contributed by atoms with Crippen molar-refractivity contribution < 1.29 is 24.8 Å². The summed E-state index contributed by atoms with van der Waals surface area (Å²) in [5.41, 5.74) is 13.3. The quantitative estimate of drug-likeness (QED) is 0.0368. The lowest BCUT2D eigenvalue weighted by Gasteiger charge is -2.25. The van der Waals surface area contributed by atoms with Crippen LogP contribution in [0.2, 0.25) is 0 Å². The lowest BCUT2D eigenvalue weighted by Crippen LogP contribution is -2.30. The van der Waals surface area contributed by atoms with Crippen molar-refractivity contribution in [3.63, 3.8) is 0 Å². The monoisotopic (exact) mass is 1350 g/mol. The number of aromatic nitrogens is 14. The van der Waals surface area contributed by atoms with E-state index in [1.54, 1.807) is 7.11 Å². The standard InChI is InChI=1S/C27H37N5O3.2C24H35N7O/c1-18(17-34-2)30-27-29-16-25-23(15-24(32(25)31-27)19-8-10-21(33)11-9-19)20-12-13-28-26(14-20)35-22-6-4-3-5-7-22;2*1-16(14-29(2)3)27-24-25-13-23-21(18-12-26-30(15-18)19-5-4-6-19)11-22(31(23)28-24)17-7-9-20(32)10-8-17/h12-16,18-19,21-22,33H,3-11,17H2,1-2H3,(H,30,31);2*11-13,15-17,19-20,32H,4-10,14H2,1-3H3,(H,27,28)/t18-,19?,21?;2*16-,17?,20?/m010/s1. The highest BCUT2D eigenvalue weighted by atomic mass is 16.5. The number of methoxy groups -OCH3 is 1. The number of likely N-dealkylation sites (N-methyl/N-ethyl adjacent to an activating group) is 2. The highest BCUT2D eigenvalue weighted by Crippen LogP contribution is 2.43. The summed E-state index contributed by atoms with van der Waals surface area (Å²) in [6.07, 6.45) is 39.9. The van der Waals surface area contributed by atoms with E-state index in [4.69, 9.17) is 24.8 Å². The van der Waals surface area contributed by atoms with Crippen LogP contribution < -0.4 is 20.7 Å². The molecule has 0 spiro atoms. The van der Waals surface area contributed by atoms with E-state index in [1.807, 2.05) is 60.8 Å². The molecule has 99 heavy (non-hydrogen) atoms. The molecule has 6 saturated carbocycles. The fourth-order valence-electron chi connectivity index (χ4n) is 15.7. The Morgan fingerprint density at radius 2 is 0.859 bits per heavy atom. The predicted octanol–water partition coefficient (Wildman–Crippen LogP) is 12.4. The topological polar surface area (TPSA) is 261 Å². The van der Waals surface area contributed by atoms with Crippen LogP contribution in [0.3, 0.4) is 0 Å². The second-order valence-electron chi connectivity index (χ2n) is 30.1. The Labute approximate surface area is 582 Å². The number of ether oxygens (including phenoxy) is 2. The lowest BCUT2D eigenvalue weighted by molar-refractivity contribution is 0.121. The molecule has 6 fully saturated rings. The summed E-state index contributed by atoms with van der Waals surface area (Å²) in [6, 6.07) is 12.6. The van der Waals surface area contributed by atoms with Crippen molar-refractivity contribution in [2.45, 2.75) is 241 Å². The molecule has 0 aromatic carbocycles. The van der Waals surface area contributed by atoms with Crippen LogP contribution in [0.15, 0.2) is 79.9 Å². The fourth-order valence-corrected chi connectivity index (χ4v) is 15.7. The normalized spacial score (nSPS) is 22.7. The maximum absolute atomic E-state index is 10.1. The molecule has 0 bridgehead atoms. The number of hydrogen-bond acceptors (Lipinski definition) is 19. The van der Waals surface area contributed by atoms with E-state index < -0.39 is 0 Å². The van der Waals surface area contributed by atoms with Gasteiger partial charge in [-0.15, -0.1) is 15.3 Å². The summed E-state index contributed by atoms with van der Waals surface area (Å²) in [5, 5.41) is 64.3. The van der Waals surface area contributed by atoms with Crippen molar-refractivity contribution in [1.82, 2.24) is 78.1 Å². The van der Waals surface area contributed by atoms with Gasteiger partial charge in [0.05, 0.1) is 84.5 Å². The molecule has 0 radical (unpaired) electrons. The first-order valence-corrected chi connectivity index (χ1v) is 37.1. The minimum Gasteiger partial charge on any atom is -0.474 e. The van der Waals surface area contributed by atoms with Gasteiger partial charge in [-0.25, -0.2) is 33.5 Å². The van der Waals surface area contributed by atoms with E-state index in [1.165, 1.54) is 74.9 Å². The second-order valence-corrected chi connectivity index (χ2v) is 30.1. The Bertz CT molecular complexity index is 3890. The number of aliphatic hydroxyl groups is 3. The number of nitrogens with one attached hydrogen (secondary N) is 3. The van der Waals surface area contributed by atoms with Gasteiger partial charge in [0, 0.05) is 126 Å². The average Bonchev–Trinajstić information content (AvgIpc) is 1.63. The minimum atomic E-state index is -0.196. The molecule has 24 heteroatoms. The summed E-state index contributed by atoms with van der Waals surface area (Å²) >= 11 is 0. The van der Waals surface area contributed by atoms with Gasteiger partial charge in [-0.05, 0) is 220 Å². The fraction of sp³-hybridized carbons (Fsp3) is 0.613. The lowest BCUT2D eigenvalue weighted by atomic mass is 9.85. The maximum atomic E-state index is 10.1. The summed E-state index contributed by atoms with van der Waals surface area (Å²) in [6.45, 7) is 8.73. The predicted molar refractivity (Wildman–Crippen MR) is 388 cm³/mol. The minimum absolute atomic E-state index is 0.0976. The van der Waals surface area contributed by atoms with E-state index in [0.717, 1.165) is 153 Å². The Hall–Kier alpha value is -7.61. The van der Waals surface area contributed by atoms with Gasteiger partial charge in [-0.2, -0.15) is 10.2 Å². The molecule has 9 aromatic heterocycles. The number of pyridine rings is 1. The van der Waals surface area contributed by atoms with Crippen molar-refractivity contribution in [3.8, 4) is 39.3 Å².